The summed E-state index contributed by atoms with van der Waals surface area (Å²) < 4.78 is 29.3. The van der Waals surface area contributed by atoms with Crippen LogP contribution in [-0.2, 0) is 16.6 Å². The first kappa shape index (κ1) is 23.0. The average molecular weight is 492 g/mol. The van der Waals surface area contributed by atoms with Crippen molar-refractivity contribution in [3.63, 3.8) is 0 Å². The first-order chi connectivity index (χ1) is 16.8. The summed E-state index contributed by atoms with van der Waals surface area (Å²) in [4.78, 5) is 35.0. The van der Waals surface area contributed by atoms with Crippen LogP contribution in [0.3, 0.4) is 0 Å². The maximum Gasteiger partial charge on any atom is 0.263 e. The van der Waals surface area contributed by atoms with E-state index in [0.29, 0.717) is 17.6 Å². The molecule has 0 bridgehead atoms. The van der Waals surface area contributed by atoms with Gasteiger partial charge in [0.15, 0.2) is 0 Å². The Balaban J connectivity index is 1.31. The van der Waals surface area contributed by atoms with Gasteiger partial charge in [0, 0.05) is 50.2 Å². The highest BCUT2D eigenvalue weighted by Gasteiger charge is 2.32. The molecule has 4 heterocycles. The van der Waals surface area contributed by atoms with E-state index in [1.165, 1.54) is 26.0 Å². The number of aryl methyl sites for hydroxylation is 1. The van der Waals surface area contributed by atoms with Gasteiger partial charge in [0.05, 0.1) is 6.54 Å². The van der Waals surface area contributed by atoms with Crippen LogP contribution >= 0.6 is 0 Å². The number of piperazine rings is 1. The quantitative estimate of drug-likeness (QED) is 0.461. The molecule has 10 heteroatoms. The lowest BCUT2D eigenvalue weighted by atomic mass is 10.1. The van der Waals surface area contributed by atoms with Crippen LogP contribution in [0, 0.1) is 6.92 Å². The standard InChI is InChI=1S/C25H25N5O4S/c1-18-5-2-6-19(15-18)17-29-10-4-8-21(25(29)32)24(31)28-11-13-30(14-12-28)35(33,34)22-16-27-23-20(22)7-3-9-26-23/h2-10,15-16H,11-14,17H2,1H3,(H,26,27). The number of nitrogens with zero attached hydrogens (tertiary/aromatic N) is 4. The fourth-order valence-electron chi connectivity index (χ4n) is 4.42. The number of aromatic nitrogens is 3. The van der Waals surface area contributed by atoms with Gasteiger partial charge in [0.1, 0.15) is 16.1 Å². The highest BCUT2D eigenvalue weighted by Crippen LogP contribution is 2.25. The second kappa shape index (κ2) is 9.12. The number of sulfonamides is 1. The Kier molecular flexibility index (Phi) is 6.00. The number of hydrogen-bond acceptors (Lipinski definition) is 5. The Bertz CT molecular complexity index is 1570. The lowest BCUT2D eigenvalue weighted by Gasteiger charge is -2.33. The van der Waals surface area contributed by atoms with Crippen molar-refractivity contribution < 1.29 is 13.2 Å². The summed E-state index contributed by atoms with van der Waals surface area (Å²) in [6, 6.07) is 14.5. The van der Waals surface area contributed by atoms with E-state index in [1.807, 2.05) is 31.2 Å². The van der Waals surface area contributed by atoms with Crippen LogP contribution in [0.4, 0.5) is 0 Å². The normalized spacial score (nSPS) is 14.9. The van der Waals surface area contributed by atoms with Crippen LogP contribution in [0.1, 0.15) is 21.5 Å². The molecule has 9 nitrogen and oxygen atoms in total. The van der Waals surface area contributed by atoms with E-state index in [4.69, 9.17) is 0 Å². The molecule has 1 fully saturated rings. The molecule has 1 N–H and O–H groups in total. The van der Waals surface area contributed by atoms with Gasteiger partial charge in [-0.1, -0.05) is 29.8 Å². The number of H-pyrrole nitrogens is 1. The number of hydrogen-bond donors (Lipinski definition) is 1. The zero-order valence-electron chi connectivity index (χ0n) is 19.2. The van der Waals surface area contributed by atoms with Crippen molar-refractivity contribution >= 4 is 27.0 Å². The molecule has 5 rings (SSSR count). The van der Waals surface area contributed by atoms with E-state index in [1.54, 1.807) is 30.6 Å². The van der Waals surface area contributed by atoms with Crippen LogP contribution in [-0.4, -0.2) is 64.2 Å². The Labute approximate surface area is 202 Å². The van der Waals surface area contributed by atoms with Gasteiger partial charge in [-0.15, -0.1) is 0 Å². The lowest BCUT2D eigenvalue weighted by molar-refractivity contribution is 0.0695. The monoisotopic (exact) mass is 491 g/mol. The highest BCUT2D eigenvalue weighted by molar-refractivity contribution is 7.89. The molecule has 0 saturated carbocycles. The number of pyridine rings is 2. The number of rotatable bonds is 5. The molecule has 35 heavy (non-hydrogen) atoms. The number of benzene rings is 1. The molecule has 0 spiro atoms. The molecule has 3 aromatic heterocycles. The molecule has 1 aliphatic heterocycles. The molecule has 0 radical (unpaired) electrons. The van der Waals surface area contributed by atoms with E-state index >= 15 is 0 Å². The Morgan fingerprint density at radius 2 is 1.86 bits per heavy atom. The Morgan fingerprint density at radius 3 is 2.63 bits per heavy atom. The van der Waals surface area contributed by atoms with Crippen molar-refractivity contribution in [2.75, 3.05) is 26.2 Å². The van der Waals surface area contributed by atoms with E-state index in [-0.39, 0.29) is 48.1 Å². The first-order valence-corrected chi connectivity index (χ1v) is 12.7. The first-order valence-electron chi connectivity index (χ1n) is 11.3. The largest absolute Gasteiger partial charge is 0.345 e. The number of aromatic amines is 1. The van der Waals surface area contributed by atoms with Crippen molar-refractivity contribution in [1.29, 1.82) is 0 Å². The van der Waals surface area contributed by atoms with Gasteiger partial charge >= 0.3 is 0 Å². The highest BCUT2D eigenvalue weighted by atomic mass is 32.2. The van der Waals surface area contributed by atoms with Crippen molar-refractivity contribution in [2.24, 2.45) is 0 Å². The lowest BCUT2D eigenvalue weighted by Crippen LogP contribution is -2.51. The fourth-order valence-corrected chi connectivity index (χ4v) is 5.99. The molecule has 1 aliphatic rings. The van der Waals surface area contributed by atoms with Crippen molar-refractivity contribution in [3.8, 4) is 0 Å². The Hall–Kier alpha value is -3.76. The minimum atomic E-state index is -3.75. The Morgan fingerprint density at radius 1 is 1.06 bits per heavy atom. The zero-order chi connectivity index (χ0) is 24.6. The zero-order valence-corrected chi connectivity index (χ0v) is 20.0. The summed E-state index contributed by atoms with van der Waals surface area (Å²) in [7, 11) is -3.75. The predicted octanol–water partition coefficient (Wildman–Crippen LogP) is 2.23. The summed E-state index contributed by atoms with van der Waals surface area (Å²) in [5, 5.41) is 0.532. The fraction of sp³-hybridized carbons (Fsp3) is 0.240. The molecule has 180 valence electrons. The topological polar surface area (TPSA) is 108 Å². The molecule has 0 atom stereocenters. The van der Waals surface area contributed by atoms with Gasteiger partial charge in [0.25, 0.3) is 11.5 Å². The number of carbonyl (C=O) groups excluding carboxylic acids is 1. The summed E-state index contributed by atoms with van der Waals surface area (Å²) in [5.41, 5.74) is 2.30. The van der Waals surface area contributed by atoms with Crippen LogP contribution < -0.4 is 5.56 Å². The summed E-state index contributed by atoms with van der Waals surface area (Å²) in [5.74, 6) is -0.387. The van der Waals surface area contributed by atoms with E-state index in [0.717, 1.165) is 11.1 Å². The molecule has 0 aliphatic carbocycles. The molecule has 4 aromatic rings. The molecule has 1 aromatic carbocycles. The number of nitrogens with one attached hydrogen (secondary N) is 1. The third kappa shape index (κ3) is 4.38. The maximum atomic E-state index is 13.2. The number of fused-ring (bicyclic) bond motifs is 1. The average Bonchev–Trinajstić information content (AvgIpc) is 3.30. The van der Waals surface area contributed by atoms with Gasteiger partial charge in [-0.05, 0) is 36.8 Å². The van der Waals surface area contributed by atoms with Gasteiger partial charge in [-0.25, -0.2) is 13.4 Å². The molecular formula is C25H25N5O4S. The summed E-state index contributed by atoms with van der Waals surface area (Å²) in [6.07, 6.45) is 4.71. The van der Waals surface area contributed by atoms with Crippen LogP contribution in [0.2, 0.25) is 0 Å². The second-order valence-corrected chi connectivity index (χ2v) is 10.5. The molecule has 1 saturated heterocycles. The smallest absolute Gasteiger partial charge is 0.263 e. The van der Waals surface area contributed by atoms with Crippen molar-refractivity contribution in [2.45, 2.75) is 18.4 Å². The SMILES string of the molecule is Cc1cccc(Cn2cccc(C(=O)N3CCN(S(=O)(=O)c4c[nH]c5ncccc45)CC3)c2=O)c1. The van der Waals surface area contributed by atoms with E-state index < -0.39 is 10.0 Å². The minimum absolute atomic E-state index is 0.0826. The van der Waals surface area contributed by atoms with Crippen LogP contribution in [0.25, 0.3) is 11.0 Å². The number of carbonyl (C=O) groups is 1. The summed E-state index contributed by atoms with van der Waals surface area (Å²) >= 11 is 0. The van der Waals surface area contributed by atoms with Crippen molar-refractivity contribution in [3.05, 3.63) is 94.2 Å². The second-order valence-electron chi connectivity index (χ2n) is 8.59. The van der Waals surface area contributed by atoms with Crippen LogP contribution in [0.15, 0.2) is 76.8 Å². The molecule has 0 unspecified atom stereocenters. The van der Waals surface area contributed by atoms with Crippen LogP contribution in [0.5, 0.6) is 0 Å². The van der Waals surface area contributed by atoms with Gasteiger partial charge < -0.3 is 14.5 Å². The van der Waals surface area contributed by atoms with Gasteiger partial charge in [-0.2, -0.15) is 4.31 Å². The minimum Gasteiger partial charge on any atom is -0.345 e. The van der Waals surface area contributed by atoms with Gasteiger partial charge in [-0.3, -0.25) is 9.59 Å². The molecular weight excluding hydrogens is 466 g/mol. The molecule has 1 amide bonds. The van der Waals surface area contributed by atoms with Crippen molar-refractivity contribution in [1.82, 2.24) is 23.7 Å². The van der Waals surface area contributed by atoms with Gasteiger partial charge in [0.2, 0.25) is 10.0 Å². The summed E-state index contributed by atoms with van der Waals surface area (Å²) in [6.45, 7) is 3.04. The number of amides is 1. The van der Waals surface area contributed by atoms with E-state index in [9.17, 15) is 18.0 Å². The third-order valence-corrected chi connectivity index (χ3v) is 8.18. The maximum absolute atomic E-state index is 13.2. The van der Waals surface area contributed by atoms with E-state index in [2.05, 4.69) is 9.97 Å². The third-order valence-electron chi connectivity index (χ3n) is 6.24. The predicted molar refractivity (Wildman–Crippen MR) is 132 cm³/mol.